The Balaban J connectivity index is 0. The predicted octanol–water partition coefficient (Wildman–Crippen LogP) is 8.29. The van der Waals surface area contributed by atoms with Gasteiger partial charge >= 0.3 is 125 Å². The van der Waals surface area contributed by atoms with Gasteiger partial charge in [-0.15, -0.1) is 0 Å². The molecule has 0 unspecified atom stereocenters. The van der Waals surface area contributed by atoms with Crippen LogP contribution in [0.2, 0.25) is 0 Å². The van der Waals surface area contributed by atoms with Gasteiger partial charge in [0.25, 0.3) is 7.82 Å². The average molecular weight is 1020 g/mol. The fourth-order valence-corrected chi connectivity index (χ4v) is 4.02. The fourth-order valence-electron chi connectivity index (χ4n) is 3.32. The van der Waals surface area contributed by atoms with Crippen molar-refractivity contribution in [3.8, 4) is 0 Å². The predicted molar refractivity (Wildman–Crippen MR) is 110 cm³/mol. The van der Waals surface area contributed by atoms with E-state index in [0.717, 1.165) is 0 Å². The summed E-state index contributed by atoms with van der Waals surface area (Å²) < 4.78 is 467. The van der Waals surface area contributed by atoms with Crippen LogP contribution in [0.25, 0.3) is 0 Å². The molecule has 0 atom stereocenters. The largest absolute Gasteiger partial charge is 1.00 e. The summed E-state index contributed by atoms with van der Waals surface area (Å²) in [5.41, 5.74) is 0. The van der Waals surface area contributed by atoms with Gasteiger partial charge in [-0.25, -0.2) is 0 Å². The van der Waals surface area contributed by atoms with Crippen LogP contribution in [0.5, 0.6) is 0 Å². The Bertz CT molecular complexity index is 1420. The quantitative estimate of drug-likeness (QED) is 0.0534. The van der Waals surface area contributed by atoms with Crippen molar-refractivity contribution in [2.24, 2.45) is 0 Å². The summed E-state index contributed by atoms with van der Waals surface area (Å²) >= 11 is 0. The number of halogens is 34. The van der Waals surface area contributed by atoms with E-state index in [1.54, 1.807) is 0 Å². The van der Waals surface area contributed by atoms with Crippen molar-refractivity contribution >= 4 is 7.82 Å². The maximum Gasteiger partial charge on any atom is 1.00 e. The van der Waals surface area contributed by atoms with Gasteiger partial charge in [0.15, 0.2) is 0 Å². The topological polar surface area (TPSA) is 58.6 Å². The van der Waals surface area contributed by atoms with E-state index in [1.807, 2.05) is 0 Å². The van der Waals surface area contributed by atoms with Gasteiger partial charge in [0.05, 0.1) is 13.2 Å². The van der Waals surface area contributed by atoms with Gasteiger partial charge in [-0.2, -0.15) is 149 Å². The first kappa shape index (κ1) is 60.8. The van der Waals surface area contributed by atoms with Crippen LogP contribution in [0.4, 0.5) is 149 Å². The summed E-state index contributed by atoms with van der Waals surface area (Å²) in [6, 6.07) is 0. The number of rotatable bonds is 20. The van der Waals surface area contributed by atoms with E-state index >= 15 is 0 Å². The maximum absolute atomic E-state index is 13.8. The molecule has 0 radical (unpaired) electrons. The third kappa shape index (κ3) is 8.90. The Morgan fingerprint density at radius 1 is 0.300 bits per heavy atom. The molecule has 60 heavy (non-hydrogen) atoms. The zero-order valence-corrected chi connectivity index (χ0v) is 29.7. The van der Waals surface area contributed by atoms with E-state index in [0.29, 0.717) is 0 Å². The van der Waals surface area contributed by atoms with E-state index in [1.165, 1.54) is 0 Å². The molecule has 0 aliphatic heterocycles. The van der Waals surface area contributed by atoms with Crippen molar-refractivity contribution in [3.63, 3.8) is 0 Å². The molecular weight excluding hydrogens is 1010 g/mol. The molecule has 0 heterocycles. The van der Waals surface area contributed by atoms with Crippen molar-refractivity contribution in [3.05, 3.63) is 0 Å². The van der Waals surface area contributed by atoms with Crippen molar-refractivity contribution in [1.29, 1.82) is 0 Å². The van der Waals surface area contributed by atoms with Gasteiger partial charge < -0.3 is 13.9 Å². The molecule has 0 rings (SSSR count). The Kier molecular flexibility index (Phi) is 16.5. The molecule has 0 bridgehead atoms. The molecule has 0 amide bonds. The number of hydrogen-bond acceptors (Lipinski definition) is 4. The van der Waals surface area contributed by atoms with E-state index in [-0.39, 0.29) is 29.6 Å². The fraction of sp³-hybridized carbons (Fsp3) is 1.00. The SMILES string of the molecule is O=P([O-])(O[13CH2][13CH2]C(F)(F)C(F)(F)C(F)(F)C(F)(F)C(F)(F)C(F)(F)C(F)(F)C(F)(F)F)O[13CH2][13CH2]C(F)(F)C(F)(F)C(F)(F)C(F)(F)C(F)(F)C(F)(F)C(F)(F)C(F)(F)F.[Na+]. The second-order valence-corrected chi connectivity index (χ2v) is 12.3. The standard InChI is InChI=1S/C20H9F34O4P.Na/c21-5(22,7(25,26)9(29,30)11(33,34)13(37,38)15(41,42)17(45,46)19(49,50)51)1-3-57-59(55,56)58-4-2-6(23,24)8(27,28)10(31,32)12(35,36)14(39,40)16(43,44)18(47,48)20(52,53)54;/h1-4H2,(H,55,56);/q;+1/p-1/i1+1,2+1,3+1,4+1;. The Morgan fingerprint density at radius 2 is 0.450 bits per heavy atom. The van der Waals surface area contributed by atoms with Crippen molar-refractivity contribution in [1.82, 2.24) is 0 Å². The number of hydrogen-bond donors (Lipinski definition) is 0. The number of alkyl halides is 34. The van der Waals surface area contributed by atoms with E-state index < -0.39 is 129 Å². The molecule has 0 saturated heterocycles. The molecule has 0 fully saturated rings. The third-order valence-electron chi connectivity index (χ3n) is 6.91. The minimum Gasteiger partial charge on any atom is -0.756 e. The molecule has 0 aliphatic rings. The normalized spacial score (nSPS) is 16.6. The van der Waals surface area contributed by atoms with Crippen LogP contribution in [-0.4, -0.2) is 108 Å². The van der Waals surface area contributed by atoms with Crippen molar-refractivity contribution in [2.45, 2.75) is 108 Å². The zero-order chi connectivity index (χ0) is 48.7. The molecule has 0 aromatic rings. The van der Waals surface area contributed by atoms with E-state index in [9.17, 15) is 159 Å². The minimum atomic E-state index is -9.12. The molecule has 0 aromatic heterocycles. The molecule has 0 aliphatic carbocycles. The molecule has 0 spiro atoms. The summed E-state index contributed by atoms with van der Waals surface area (Å²) in [7, 11) is -7.18. The molecular formula is C20H8F34NaO4P. The molecule has 0 N–H and O–H groups in total. The smallest absolute Gasteiger partial charge is 0.756 e. The first-order chi connectivity index (χ1) is 24.9. The van der Waals surface area contributed by atoms with Gasteiger partial charge in [0.1, 0.15) is 0 Å². The summed E-state index contributed by atoms with van der Waals surface area (Å²) in [6.45, 7) is -6.35. The van der Waals surface area contributed by atoms with Crippen LogP contribution < -0.4 is 34.5 Å². The maximum atomic E-state index is 13.8. The second kappa shape index (κ2) is 16.3. The third-order valence-corrected chi connectivity index (χ3v) is 7.90. The van der Waals surface area contributed by atoms with Gasteiger partial charge in [0, 0.05) is 12.8 Å². The van der Waals surface area contributed by atoms with Crippen LogP contribution >= 0.6 is 7.82 Å². The first-order valence-electron chi connectivity index (χ1n) is 12.9. The first-order valence-corrected chi connectivity index (χ1v) is 14.4. The monoisotopic (exact) mass is 1020 g/mol. The number of phosphoric acid groups is 1. The Labute approximate surface area is 326 Å². The Hall–Kier alpha value is -1.27. The van der Waals surface area contributed by atoms with Crippen LogP contribution in [0.1, 0.15) is 12.8 Å². The summed E-state index contributed by atoms with van der Waals surface area (Å²) in [5.74, 6) is -121. The van der Waals surface area contributed by atoms with Crippen LogP contribution in [0, 0.1) is 0 Å². The second-order valence-electron chi connectivity index (χ2n) is 10.9. The minimum absolute atomic E-state index is 0. The summed E-state index contributed by atoms with van der Waals surface area (Å²) in [5, 5.41) is 0. The number of phosphoric ester groups is 1. The van der Waals surface area contributed by atoms with Crippen molar-refractivity contribution < 1.29 is 197 Å². The van der Waals surface area contributed by atoms with Crippen LogP contribution in [-0.2, 0) is 13.6 Å². The van der Waals surface area contributed by atoms with Gasteiger partial charge in [-0.1, -0.05) is 0 Å². The van der Waals surface area contributed by atoms with Gasteiger partial charge in [0.2, 0.25) is 0 Å². The van der Waals surface area contributed by atoms with Crippen molar-refractivity contribution in [2.75, 3.05) is 13.2 Å². The van der Waals surface area contributed by atoms with Crippen LogP contribution in [0.3, 0.4) is 0 Å². The molecule has 4 nitrogen and oxygen atoms in total. The molecule has 0 saturated carbocycles. The van der Waals surface area contributed by atoms with Gasteiger partial charge in [-0.05, 0) is 0 Å². The molecule has 0 aromatic carbocycles. The van der Waals surface area contributed by atoms with E-state index in [4.69, 9.17) is 0 Å². The molecule has 40 heteroatoms. The summed E-state index contributed by atoms with van der Waals surface area (Å²) in [6.07, 6.45) is -23.8. The Morgan fingerprint density at radius 3 is 0.617 bits per heavy atom. The molecule has 356 valence electrons. The summed E-state index contributed by atoms with van der Waals surface area (Å²) in [4.78, 5) is 11.3. The van der Waals surface area contributed by atoms with Crippen LogP contribution in [0.15, 0.2) is 0 Å². The average Bonchev–Trinajstić information content (AvgIpc) is 2.98. The van der Waals surface area contributed by atoms with E-state index in [2.05, 4.69) is 9.05 Å². The zero-order valence-electron chi connectivity index (χ0n) is 26.8. The van der Waals surface area contributed by atoms with Gasteiger partial charge in [-0.3, -0.25) is 4.57 Å².